The van der Waals surface area contributed by atoms with Crippen LogP contribution in [-0.2, 0) is 37.9 Å². The number of aliphatic hydroxyl groups excluding tert-OH is 15. The molecule has 16 N–H and O–H groups in total. The van der Waals surface area contributed by atoms with Crippen molar-refractivity contribution in [2.45, 2.75) is 253 Å². The van der Waals surface area contributed by atoms with E-state index in [9.17, 15) is 81.7 Å². The van der Waals surface area contributed by atoms with Gasteiger partial charge in [0, 0.05) is 10.8 Å². The van der Waals surface area contributed by atoms with Gasteiger partial charge in [-0.3, -0.25) is 0 Å². The van der Waals surface area contributed by atoms with E-state index >= 15 is 0 Å². The molecule has 0 bridgehead atoms. The monoisotopic (exact) mass is 1120 g/mol. The molecule has 452 valence electrons. The van der Waals surface area contributed by atoms with Crippen LogP contribution in [0.15, 0.2) is 11.6 Å². The van der Waals surface area contributed by atoms with Crippen molar-refractivity contribution >= 4 is 0 Å². The molecule has 0 aromatic rings. The highest BCUT2D eigenvalue weighted by Gasteiger charge is 2.70. The van der Waals surface area contributed by atoms with E-state index < -0.39 is 184 Å². The quantitative estimate of drug-likeness (QED) is 0.0637. The number of fused-ring (bicyclic) bond motifs is 5. The lowest BCUT2D eigenvalue weighted by Gasteiger charge is -2.67. The Morgan fingerprint density at radius 1 is 0.590 bits per heavy atom. The maximum absolute atomic E-state index is 12.7. The average molecular weight is 1130 g/mol. The van der Waals surface area contributed by atoms with Crippen LogP contribution >= 0.6 is 0 Å². The Hall–Kier alpha value is -1.22. The maximum Gasteiger partial charge on any atom is 0.187 e. The summed E-state index contributed by atoms with van der Waals surface area (Å²) in [6.45, 7) is 13.6. The number of hydrogen-bond acceptors (Lipinski definition) is 24. The summed E-state index contributed by atoms with van der Waals surface area (Å²) in [6, 6.07) is 0. The van der Waals surface area contributed by atoms with E-state index in [1.165, 1.54) is 0 Å². The molecule has 4 aliphatic heterocycles. The number of allylic oxidation sites excluding steroid dienone is 1. The van der Waals surface area contributed by atoms with Crippen LogP contribution in [0.3, 0.4) is 0 Å². The Morgan fingerprint density at radius 2 is 1.09 bits per heavy atom. The molecule has 30 atom stereocenters. The molecule has 1 unspecified atom stereocenters. The van der Waals surface area contributed by atoms with Crippen molar-refractivity contribution in [1.29, 1.82) is 0 Å². The Morgan fingerprint density at radius 3 is 1.65 bits per heavy atom. The van der Waals surface area contributed by atoms with Gasteiger partial charge in [0.2, 0.25) is 0 Å². The summed E-state index contributed by atoms with van der Waals surface area (Å²) in [5.41, 5.74) is -2.12. The predicted octanol–water partition coefficient (Wildman–Crippen LogP) is -3.23. The molecule has 0 aromatic carbocycles. The highest BCUT2D eigenvalue weighted by atomic mass is 16.8. The Labute approximate surface area is 455 Å². The average Bonchev–Trinajstić information content (AvgIpc) is 2.93. The molecule has 24 nitrogen and oxygen atoms in total. The molecule has 0 amide bonds. The zero-order valence-electron chi connectivity index (χ0n) is 46.1. The van der Waals surface area contributed by atoms with Gasteiger partial charge in [-0.2, -0.15) is 0 Å². The topological polar surface area (TPSA) is 398 Å². The van der Waals surface area contributed by atoms with E-state index in [0.29, 0.717) is 32.1 Å². The highest BCUT2D eigenvalue weighted by Crippen LogP contribution is 2.75. The normalized spacial score (nSPS) is 51.4. The fourth-order valence-electron chi connectivity index (χ4n) is 15.6. The summed E-state index contributed by atoms with van der Waals surface area (Å²) in [4.78, 5) is 0. The SMILES string of the molecule is C[C@H](CC[C@@H](O[C@@H]1O[C@H](CO)[C@@H](O)[C@H](O)[C@H]1O[C@@H]1O[C@H](CO)[C@@H](O)[C@H](O)[C@H]1O)C(C)(C)O)[C@H]1CC[C@@]2(C)[C@@H]3CC=C4C(CC[C@H](O[C@@H]5O[C@H](CO[C@@H]6O[C@H](CO)[C@@H](O)[C@H](O)[C@H]6O)[C@@H](O)[C@H](O)[C@H]5O)C4(C)C)[C@]3(C)[C@H](O)C[C@]12C. The van der Waals surface area contributed by atoms with Crippen molar-refractivity contribution in [3.05, 3.63) is 11.6 Å². The molecule has 4 heterocycles. The summed E-state index contributed by atoms with van der Waals surface area (Å²) >= 11 is 0. The van der Waals surface area contributed by atoms with Crippen LogP contribution in [-0.4, -0.2) is 255 Å². The van der Waals surface area contributed by atoms with Crippen LogP contribution in [0.2, 0.25) is 0 Å². The van der Waals surface area contributed by atoms with Crippen LogP contribution < -0.4 is 0 Å². The van der Waals surface area contributed by atoms with Crippen molar-refractivity contribution in [1.82, 2.24) is 0 Å². The summed E-state index contributed by atoms with van der Waals surface area (Å²) in [6.07, 6.45) is -26.9. The van der Waals surface area contributed by atoms with Crippen molar-refractivity contribution < 1.29 is 120 Å². The second-order valence-electron chi connectivity index (χ2n) is 25.9. The molecule has 0 spiro atoms. The number of hydrogen-bond donors (Lipinski definition) is 16. The van der Waals surface area contributed by atoms with Crippen molar-refractivity contribution in [2.24, 2.45) is 45.3 Å². The smallest absolute Gasteiger partial charge is 0.187 e. The van der Waals surface area contributed by atoms with Gasteiger partial charge in [0.1, 0.15) is 97.7 Å². The molecule has 7 fully saturated rings. The largest absolute Gasteiger partial charge is 0.394 e. The summed E-state index contributed by atoms with van der Waals surface area (Å²) in [5, 5.41) is 172. The van der Waals surface area contributed by atoms with Gasteiger partial charge in [0.15, 0.2) is 25.2 Å². The van der Waals surface area contributed by atoms with E-state index in [2.05, 4.69) is 47.6 Å². The van der Waals surface area contributed by atoms with Crippen LogP contribution in [0.25, 0.3) is 0 Å². The van der Waals surface area contributed by atoms with Crippen molar-refractivity contribution in [2.75, 3.05) is 26.4 Å². The molecule has 3 saturated carbocycles. The first kappa shape index (κ1) is 62.8. The molecule has 0 radical (unpaired) electrons. The first-order valence-corrected chi connectivity index (χ1v) is 28.0. The van der Waals surface area contributed by atoms with Crippen LogP contribution in [0, 0.1) is 45.3 Å². The Kier molecular flexibility index (Phi) is 19.1. The fraction of sp³-hybridized carbons (Fsp3) is 0.963. The molecule has 8 aliphatic rings. The summed E-state index contributed by atoms with van der Waals surface area (Å²) < 4.78 is 47.5. The Balaban J connectivity index is 0.940. The maximum atomic E-state index is 12.7. The minimum atomic E-state index is -1.85. The molecule has 24 heteroatoms. The zero-order chi connectivity index (χ0) is 57.5. The molecule has 4 aliphatic carbocycles. The zero-order valence-corrected chi connectivity index (χ0v) is 46.1. The van der Waals surface area contributed by atoms with Crippen molar-refractivity contribution in [3.8, 4) is 0 Å². The molecule has 0 aromatic heterocycles. The van der Waals surface area contributed by atoms with Crippen LogP contribution in [0.1, 0.15) is 107 Å². The van der Waals surface area contributed by atoms with Gasteiger partial charge >= 0.3 is 0 Å². The first-order valence-electron chi connectivity index (χ1n) is 28.0. The second kappa shape index (κ2) is 23.7. The van der Waals surface area contributed by atoms with E-state index in [0.717, 1.165) is 18.4 Å². The van der Waals surface area contributed by atoms with E-state index in [1.807, 2.05) is 0 Å². The summed E-state index contributed by atoms with van der Waals surface area (Å²) in [7, 11) is 0. The third kappa shape index (κ3) is 11.0. The fourth-order valence-corrected chi connectivity index (χ4v) is 15.6. The lowest BCUT2D eigenvalue weighted by Crippen LogP contribution is -2.65. The highest BCUT2D eigenvalue weighted by molar-refractivity contribution is 5.32. The van der Waals surface area contributed by atoms with Gasteiger partial charge in [0.25, 0.3) is 0 Å². The van der Waals surface area contributed by atoms with Gasteiger partial charge < -0.3 is 120 Å². The standard InChI is InChI=1S/C54H92O24/c1-22(9-13-33(51(4,5)70)77-49-45(41(66)36(61)28(20-57)74-49)78-48-44(69)39(64)35(60)27(19-56)73-48)23-15-16-52(6)30-12-10-24-25(54(30,8)31(58)17-53(23,52)7)11-14-32(50(24,2)3)76-47-43(68)40(65)37(62)29(75-47)21-71-46-42(67)38(63)34(59)26(18-55)72-46/h10,22-23,25-49,55-70H,9,11-21H2,1-8H3/t22-,23-,25?,26-,27-,28-,29-,30+,31-,32+,33-,34-,35-,36-,37-,38+,39+,40+,41+,42-,43-,44-,45-,46-,47+,48+,49+,52+,53-,54+/m1/s1. The van der Waals surface area contributed by atoms with Crippen LogP contribution in [0.4, 0.5) is 0 Å². The number of rotatable bonds is 17. The van der Waals surface area contributed by atoms with E-state index in [-0.39, 0.29) is 40.9 Å². The van der Waals surface area contributed by atoms with Gasteiger partial charge in [0.05, 0.1) is 50.3 Å². The van der Waals surface area contributed by atoms with E-state index in [4.69, 9.17) is 37.9 Å². The number of ether oxygens (including phenoxy) is 8. The van der Waals surface area contributed by atoms with E-state index in [1.54, 1.807) is 13.8 Å². The molecular formula is C54H92O24. The lowest BCUT2D eigenvalue weighted by molar-refractivity contribution is -0.375. The van der Waals surface area contributed by atoms with Crippen LogP contribution in [0.5, 0.6) is 0 Å². The molecular weight excluding hydrogens is 1030 g/mol. The second-order valence-corrected chi connectivity index (χ2v) is 25.9. The first-order chi connectivity index (χ1) is 36.4. The van der Waals surface area contributed by atoms with Crippen molar-refractivity contribution in [3.63, 3.8) is 0 Å². The van der Waals surface area contributed by atoms with Gasteiger partial charge in [-0.25, -0.2) is 0 Å². The van der Waals surface area contributed by atoms with Gasteiger partial charge in [-0.1, -0.05) is 53.2 Å². The molecule has 78 heavy (non-hydrogen) atoms. The summed E-state index contributed by atoms with van der Waals surface area (Å²) in [5.74, 6) is 0.236. The molecule has 8 rings (SSSR count). The number of aliphatic hydroxyl groups is 16. The third-order valence-corrected chi connectivity index (χ3v) is 20.8. The minimum absolute atomic E-state index is 0.0338. The molecule has 4 saturated heterocycles. The third-order valence-electron chi connectivity index (χ3n) is 20.8. The van der Waals surface area contributed by atoms with Gasteiger partial charge in [-0.15, -0.1) is 0 Å². The predicted molar refractivity (Wildman–Crippen MR) is 268 cm³/mol. The van der Waals surface area contributed by atoms with Gasteiger partial charge in [-0.05, 0) is 99.7 Å². The minimum Gasteiger partial charge on any atom is -0.394 e. The lowest BCUT2D eigenvalue weighted by atomic mass is 9.38. The Bertz CT molecular complexity index is 2030.